The maximum Gasteiger partial charge on any atom is 0.358 e. The van der Waals surface area contributed by atoms with Crippen molar-refractivity contribution >= 4 is 29.2 Å². The van der Waals surface area contributed by atoms with E-state index in [2.05, 4.69) is 10.3 Å². The van der Waals surface area contributed by atoms with Crippen LogP contribution in [0.25, 0.3) is 0 Å². The number of nitrogens with zero attached hydrogens (tertiary/aromatic N) is 3. The van der Waals surface area contributed by atoms with Crippen molar-refractivity contribution in [2.24, 2.45) is 0 Å². The maximum absolute atomic E-state index is 11.0. The zero-order valence-corrected chi connectivity index (χ0v) is 11.6. The van der Waals surface area contributed by atoms with E-state index in [1.807, 2.05) is 6.92 Å². The van der Waals surface area contributed by atoms with Crippen LogP contribution in [-0.4, -0.2) is 26.1 Å². The summed E-state index contributed by atoms with van der Waals surface area (Å²) in [6.45, 7) is 2.23. The molecule has 0 spiro atoms. The van der Waals surface area contributed by atoms with Gasteiger partial charge in [-0.25, -0.2) is 9.48 Å². The quantitative estimate of drug-likeness (QED) is 0.942. The first-order valence-corrected chi connectivity index (χ1v) is 6.37. The van der Waals surface area contributed by atoms with Crippen LogP contribution in [0.15, 0.2) is 18.2 Å². The summed E-state index contributed by atoms with van der Waals surface area (Å²) in [6.07, 6.45) is 0.531. The Hall–Kier alpha value is -1.59. The molecule has 0 aliphatic carbocycles. The molecule has 0 radical (unpaired) electrons. The van der Waals surface area contributed by atoms with Gasteiger partial charge in [0.05, 0.1) is 12.2 Å². The summed E-state index contributed by atoms with van der Waals surface area (Å²) < 4.78 is 1.55. The molecular weight excluding hydrogens is 289 g/mol. The molecule has 0 bridgehead atoms. The Balaban J connectivity index is 2.35. The third kappa shape index (κ3) is 3.05. The van der Waals surface area contributed by atoms with E-state index < -0.39 is 5.97 Å². The van der Waals surface area contributed by atoms with Crippen molar-refractivity contribution < 1.29 is 9.90 Å². The van der Waals surface area contributed by atoms with Crippen molar-refractivity contribution in [1.29, 1.82) is 0 Å². The highest BCUT2D eigenvalue weighted by molar-refractivity contribution is 6.34. The molecule has 0 unspecified atom stereocenters. The van der Waals surface area contributed by atoms with Crippen LogP contribution in [0.4, 0.5) is 0 Å². The summed E-state index contributed by atoms with van der Waals surface area (Å²) in [5.74, 6) is -1.08. The van der Waals surface area contributed by atoms with E-state index in [1.54, 1.807) is 22.9 Å². The van der Waals surface area contributed by atoms with Gasteiger partial charge in [-0.2, -0.15) is 0 Å². The zero-order valence-electron chi connectivity index (χ0n) is 10.1. The van der Waals surface area contributed by atoms with Crippen molar-refractivity contribution in [3.63, 3.8) is 0 Å². The first kappa shape index (κ1) is 13.8. The summed E-state index contributed by atoms with van der Waals surface area (Å²) >= 11 is 11.8. The van der Waals surface area contributed by atoms with Crippen LogP contribution < -0.4 is 0 Å². The van der Waals surface area contributed by atoms with E-state index in [9.17, 15) is 4.79 Å². The molecule has 19 heavy (non-hydrogen) atoms. The summed E-state index contributed by atoms with van der Waals surface area (Å²) in [5, 5.41) is 17.6. The number of hydrogen-bond donors (Lipinski definition) is 1. The minimum atomic E-state index is -1.08. The zero-order chi connectivity index (χ0) is 14.0. The Labute approximate surface area is 119 Å². The van der Waals surface area contributed by atoms with Gasteiger partial charge in [-0.3, -0.25) is 0 Å². The van der Waals surface area contributed by atoms with Gasteiger partial charge < -0.3 is 5.11 Å². The monoisotopic (exact) mass is 299 g/mol. The first-order chi connectivity index (χ1) is 9.01. The van der Waals surface area contributed by atoms with Gasteiger partial charge in [0, 0.05) is 10.0 Å². The van der Waals surface area contributed by atoms with Crippen LogP contribution in [0.3, 0.4) is 0 Å². The highest BCUT2D eigenvalue weighted by Crippen LogP contribution is 2.20. The topological polar surface area (TPSA) is 68.0 Å². The fourth-order valence-corrected chi connectivity index (χ4v) is 2.42. The molecule has 0 atom stereocenters. The Morgan fingerprint density at radius 2 is 1.95 bits per heavy atom. The highest BCUT2D eigenvalue weighted by Gasteiger charge is 2.17. The Bertz CT molecular complexity index is 605. The van der Waals surface area contributed by atoms with E-state index in [1.165, 1.54) is 0 Å². The van der Waals surface area contributed by atoms with E-state index in [0.717, 1.165) is 5.56 Å². The van der Waals surface area contributed by atoms with E-state index in [4.69, 9.17) is 28.3 Å². The molecule has 7 heteroatoms. The van der Waals surface area contributed by atoms with Crippen LogP contribution in [0.5, 0.6) is 0 Å². The van der Waals surface area contributed by atoms with Gasteiger partial charge in [-0.15, -0.1) is 5.10 Å². The fraction of sp³-hybridized carbons (Fsp3) is 0.250. The molecule has 0 amide bonds. The standard InChI is InChI=1S/C12H11Cl2N3O2/c1-2-10-11(12(18)19)15-16-17(10)6-7-3-8(13)5-9(14)4-7/h3-5H,2,6H2,1H3,(H,18,19). The summed E-state index contributed by atoms with van der Waals surface area (Å²) in [4.78, 5) is 11.0. The van der Waals surface area contributed by atoms with E-state index in [0.29, 0.717) is 28.7 Å². The molecule has 5 nitrogen and oxygen atoms in total. The van der Waals surface area contributed by atoms with Crippen molar-refractivity contribution in [3.05, 3.63) is 45.2 Å². The largest absolute Gasteiger partial charge is 0.476 e. The number of rotatable bonds is 4. The van der Waals surface area contributed by atoms with Gasteiger partial charge >= 0.3 is 5.97 Å². The Morgan fingerprint density at radius 3 is 2.47 bits per heavy atom. The van der Waals surface area contributed by atoms with Gasteiger partial charge in [0.2, 0.25) is 0 Å². The second kappa shape index (κ2) is 5.59. The molecule has 2 rings (SSSR count). The summed E-state index contributed by atoms with van der Waals surface area (Å²) in [6, 6.07) is 5.15. The van der Waals surface area contributed by atoms with Crippen LogP contribution in [-0.2, 0) is 13.0 Å². The van der Waals surface area contributed by atoms with E-state index in [-0.39, 0.29) is 5.69 Å². The molecule has 0 fully saturated rings. The molecule has 1 N–H and O–H groups in total. The number of hydrogen-bond acceptors (Lipinski definition) is 3. The molecule has 0 aliphatic heterocycles. The predicted molar refractivity (Wildman–Crippen MR) is 71.9 cm³/mol. The van der Waals surface area contributed by atoms with Gasteiger partial charge in [0.1, 0.15) is 0 Å². The minimum Gasteiger partial charge on any atom is -0.476 e. The lowest BCUT2D eigenvalue weighted by Gasteiger charge is -2.06. The average molecular weight is 300 g/mol. The van der Waals surface area contributed by atoms with Gasteiger partial charge in [0.25, 0.3) is 0 Å². The third-order valence-corrected chi connectivity index (χ3v) is 3.07. The predicted octanol–water partition coefficient (Wildman–Crippen LogP) is 2.89. The number of aromatic nitrogens is 3. The number of benzene rings is 1. The summed E-state index contributed by atoms with van der Waals surface area (Å²) in [7, 11) is 0. The number of carbonyl (C=O) groups is 1. The summed E-state index contributed by atoms with van der Waals surface area (Å²) in [5.41, 5.74) is 1.40. The lowest BCUT2D eigenvalue weighted by Crippen LogP contribution is -2.08. The van der Waals surface area contributed by atoms with Gasteiger partial charge in [-0.1, -0.05) is 35.3 Å². The van der Waals surface area contributed by atoms with Crippen LogP contribution >= 0.6 is 23.2 Å². The lowest BCUT2D eigenvalue weighted by molar-refractivity contribution is 0.0689. The Morgan fingerprint density at radius 1 is 1.32 bits per heavy atom. The van der Waals surface area contributed by atoms with Gasteiger partial charge in [-0.05, 0) is 30.2 Å². The molecule has 0 saturated heterocycles. The average Bonchev–Trinajstić information content (AvgIpc) is 2.70. The third-order valence-electron chi connectivity index (χ3n) is 2.63. The maximum atomic E-state index is 11.0. The molecule has 1 aromatic heterocycles. The lowest BCUT2D eigenvalue weighted by atomic mass is 10.2. The fourth-order valence-electron chi connectivity index (χ4n) is 1.85. The molecular formula is C12H11Cl2N3O2. The second-order valence-corrected chi connectivity index (χ2v) is 4.85. The smallest absolute Gasteiger partial charge is 0.358 e. The number of halogens is 2. The minimum absolute atomic E-state index is 0.0179. The molecule has 0 saturated carbocycles. The van der Waals surface area contributed by atoms with Gasteiger partial charge in [0.15, 0.2) is 5.69 Å². The van der Waals surface area contributed by atoms with Crippen LogP contribution in [0.2, 0.25) is 10.0 Å². The number of carboxylic acids is 1. The van der Waals surface area contributed by atoms with Crippen molar-refractivity contribution in [1.82, 2.24) is 15.0 Å². The normalized spacial score (nSPS) is 10.7. The molecule has 2 aromatic rings. The molecule has 0 aliphatic rings. The number of carboxylic acid groups (broad SMARTS) is 1. The van der Waals surface area contributed by atoms with Crippen molar-refractivity contribution in [3.8, 4) is 0 Å². The first-order valence-electron chi connectivity index (χ1n) is 5.62. The molecule has 100 valence electrons. The molecule has 1 aromatic carbocycles. The van der Waals surface area contributed by atoms with E-state index >= 15 is 0 Å². The van der Waals surface area contributed by atoms with Crippen LogP contribution in [0, 0.1) is 0 Å². The SMILES string of the molecule is CCc1c(C(=O)O)nnn1Cc1cc(Cl)cc(Cl)c1. The molecule has 1 heterocycles. The van der Waals surface area contributed by atoms with Crippen LogP contribution in [0.1, 0.15) is 28.7 Å². The Kier molecular flexibility index (Phi) is 4.07. The number of aromatic carboxylic acids is 1. The second-order valence-electron chi connectivity index (χ2n) is 3.98. The van der Waals surface area contributed by atoms with Crippen molar-refractivity contribution in [2.75, 3.05) is 0 Å². The highest BCUT2D eigenvalue weighted by atomic mass is 35.5. The van der Waals surface area contributed by atoms with Crippen molar-refractivity contribution in [2.45, 2.75) is 19.9 Å².